The number of carbonyl (C=O) groups is 1. The Balaban J connectivity index is 2.22. The van der Waals surface area contributed by atoms with Crippen LogP contribution in [0.25, 0.3) is 0 Å². The van der Waals surface area contributed by atoms with Gasteiger partial charge in [-0.15, -0.1) is 0 Å². The molecule has 0 atom stereocenters. The van der Waals surface area contributed by atoms with Crippen molar-refractivity contribution in [1.29, 1.82) is 0 Å². The summed E-state index contributed by atoms with van der Waals surface area (Å²) in [5, 5.41) is 8.34. The third-order valence-electron chi connectivity index (χ3n) is 3.40. The van der Waals surface area contributed by atoms with Gasteiger partial charge >= 0.3 is 5.97 Å². The summed E-state index contributed by atoms with van der Waals surface area (Å²) in [6.45, 7) is 1.92. The number of sulfonamides is 1. The fourth-order valence-electron chi connectivity index (χ4n) is 2.05. The van der Waals surface area contributed by atoms with E-state index in [1.54, 1.807) is 0 Å². The summed E-state index contributed by atoms with van der Waals surface area (Å²) in [4.78, 5) is 10.6. The van der Waals surface area contributed by atoms with Crippen molar-refractivity contribution in [2.75, 3.05) is 0 Å². The van der Waals surface area contributed by atoms with Crippen LogP contribution in [-0.4, -0.2) is 25.0 Å². The van der Waals surface area contributed by atoms with Gasteiger partial charge in [0.25, 0.3) is 10.0 Å². The van der Waals surface area contributed by atoms with Crippen LogP contribution in [0.15, 0.2) is 21.6 Å². The number of furan rings is 1. The molecule has 1 aliphatic carbocycles. The van der Waals surface area contributed by atoms with E-state index < -0.39 is 21.5 Å². The minimum absolute atomic E-state index is 0.348. The number of rotatable bonds is 5. The Kier molecular flexibility index (Phi) is 3.20. The Labute approximate surface area is 105 Å². The van der Waals surface area contributed by atoms with E-state index in [1.807, 2.05) is 6.92 Å². The van der Waals surface area contributed by atoms with Crippen LogP contribution in [0.4, 0.5) is 0 Å². The number of carboxylic acids is 1. The molecule has 1 aromatic heterocycles. The molecule has 0 amide bonds. The molecular formula is C11H15NO5S. The van der Waals surface area contributed by atoms with Gasteiger partial charge in [0.05, 0.1) is 0 Å². The van der Waals surface area contributed by atoms with Gasteiger partial charge in [-0.05, 0) is 37.8 Å². The van der Waals surface area contributed by atoms with E-state index in [-0.39, 0.29) is 10.9 Å². The minimum atomic E-state index is -3.78. The van der Waals surface area contributed by atoms with Gasteiger partial charge in [-0.3, -0.25) is 0 Å². The average molecular weight is 273 g/mol. The number of carboxylic acid groups (broad SMARTS) is 1. The Morgan fingerprint density at radius 2 is 2.17 bits per heavy atom. The van der Waals surface area contributed by atoms with Crippen molar-refractivity contribution < 1.29 is 22.7 Å². The molecule has 0 bridgehead atoms. The molecule has 6 nitrogen and oxygen atoms in total. The molecular weight excluding hydrogens is 258 g/mol. The molecule has 1 fully saturated rings. The number of nitrogens with one attached hydrogen (secondary N) is 1. The maximum Gasteiger partial charge on any atom is 0.371 e. The van der Waals surface area contributed by atoms with Crippen LogP contribution in [0.3, 0.4) is 0 Å². The molecule has 0 aliphatic heterocycles. The molecule has 1 saturated carbocycles. The van der Waals surface area contributed by atoms with Crippen LogP contribution in [-0.2, 0) is 10.0 Å². The maximum absolute atomic E-state index is 12.0. The first kappa shape index (κ1) is 13.1. The van der Waals surface area contributed by atoms with Gasteiger partial charge in [0, 0.05) is 5.54 Å². The monoisotopic (exact) mass is 273 g/mol. The topological polar surface area (TPSA) is 96.6 Å². The van der Waals surface area contributed by atoms with Gasteiger partial charge in [-0.25, -0.2) is 17.9 Å². The highest BCUT2D eigenvalue weighted by Gasteiger charge is 2.40. The predicted molar refractivity (Wildman–Crippen MR) is 62.9 cm³/mol. The van der Waals surface area contributed by atoms with E-state index in [9.17, 15) is 13.2 Å². The summed E-state index contributed by atoms with van der Waals surface area (Å²) in [6.07, 6.45) is 3.30. The molecule has 2 N–H and O–H groups in total. The molecule has 0 aromatic carbocycles. The summed E-state index contributed by atoms with van der Waals surface area (Å²) in [6, 6.07) is 2.30. The lowest BCUT2D eigenvalue weighted by atomic mass is 9.76. The summed E-state index contributed by atoms with van der Waals surface area (Å²) in [7, 11) is -3.78. The van der Waals surface area contributed by atoms with Gasteiger partial charge in [0.15, 0.2) is 0 Å². The van der Waals surface area contributed by atoms with E-state index in [2.05, 4.69) is 4.72 Å². The molecule has 0 unspecified atom stereocenters. The molecule has 0 spiro atoms. The van der Waals surface area contributed by atoms with Crippen molar-refractivity contribution in [2.45, 2.75) is 43.2 Å². The highest BCUT2D eigenvalue weighted by Crippen LogP contribution is 2.36. The smallest absolute Gasteiger partial charge is 0.371 e. The average Bonchev–Trinajstić information content (AvgIpc) is 2.73. The number of aromatic carboxylic acids is 1. The first-order valence-corrected chi connectivity index (χ1v) is 7.24. The van der Waals surface area contributed by atoms with Crippen LogP contribution in [0.2, 0.25) is 0 Å². The maximum atomic E-state index is 12.0. The van der Waals surface area contributed by atoms with Crippen LogP contribution >= 0.6 is 0 Å². The first-order valence-electron chi connectivity index (χ1n) is 5.76. The molecule has 0 saturated heterocycles. The second-order valence-corrected chi connectivity index (χ2v) is 6.13. The van der Waals surface area contributed by atoms with Crippen molar-refractivity contribution in [3.05, 3.63) is 17.9 Å². The van der Waals surface area contributed by atoms with Crippen molar-refractivity contribution in [2.24, 2.45) is 0 Å². The van der Waals surface area contributed by atoms with Crippen LogP contribution < -0.4 is 4.72 Å². The van der Waals surface area contributed by atoms with Crippen LogP contribution in [0.1, 0.15) is 43.2 Å². The predicted octanol–water partition coefficient (Wildman–Crippen LogP) is 1.59. The van der Waals surface area contributed by atoms with Gasteiger partial charge in [0.2, 0.25) is 10.9 Å². The van der Waals surface area contributed by atoms with Crippen molar-refractivity contribution in [1.82, 2.24) is 4.72 Å². The Morgan fingerprint density at radius 1 is 1.50 bits per heavy atom. The molecule has 1 aliphatic rings. The largest absolute Gasteiger partial charge is 0.475 e. The molecule has 1 heterocycles. The molecule has 7 heteroatoms. The minimum Gasteiger partial charge on any atom is -0.475 e. The summed E-state index contributed by atoms with van der Waals surface area (Å²) in [5.74, 6) is -1.67. The first-order chi connectivity index (χ1) is 8.38. The van der Waals surface area contributed by atoms with Gasteiger partial charge in [-0.2, -0.15) is 0 Å². The fraction of sp³-hybridized carbons (Fsp3) is 0.545. The van der Waals surface area contributed by atoms with Crippen molar-refractivity contribution >= 4 is 16.0 Å². The van der Waals surface area contributed by atoms with Gasteiger partial charge in [0.1, 0.15) is 0 Å². The van der Waals surface area contributed by atoms with Crippen LogP contribution in [0.5, 0.6) is 0 Å². The van der Waals surface area contributed by atoms with E-state index >= 15 is 0 Å². The molecule has 100 valence electrons. The fourth-order valence-corrected chi connectivity index (χ4v) is 3.51. The summed E-state index contributed by atoms with van der Waals surface area (Å²) >= 11 is 0. The lowest BCUT2D eigenvalue weighted by Crippen LogP contribution is -2.52. The van der Waals surface area contributed by atoms with Crippen molar-refractivity contribution in [3.8, 4) is 0 Å². The van der Waals surface area contributed by atoms with E-state index in [1.165, 1.54) is 0 Å². The normalized spacial score (nSPS) is 18.3. The Hall–Kier alpha value is -1.34. The lowest BCUT2D eigenvalue weighted by Gasteiger charge is -2.41. The Morgan fingerprint density at radius 3 is 2.56 bits per heavy atom. The van der Waals surface area contributed by atoms with Gasteiger partial charge < -0.3 is 9.52 Å². The van der Waals surface area contributed by atoms with Crippen LogP contribution in [0, 0.1) is 0 Å². The van der Waals surface area contributed by atoms with E-state index in [0.29, 0.717) is 6.42 Å². The second kappa shape index (κ2) is 4.40. The zero-order valence-electron chi connectivity index (χ0n) is 9.97. The summed E-state index contributed by atoms with van der Waals surface area (Å²) < 4.78 is 31.5. The van der Waals surface area contributed by atoms with E-state index in [4.69, 9.17) is 9.52 Å². The zero-order valence-corrected chi connectivity index (χ0v) is 10.8. The Bertz CT molecular complexity index is 550. The molecule has 1 aromatic rings. The zero-order chi connectivity index (χ0) is 13.4. The second-order valence-electron chi connectivity index (χ2n) is 4.52. The SMILES string of the molecule is CCC1(NS(=O)(=O)c2ccc(C(=O)O)o2)CCC1. The highest BCUT2D eigenvalue weighted by atomic mass is 32.2. The molecule has 2 rings (SSSR count). The summed E-state index contributed by atoms with van der Waals surface area (Å²) in [5.41, 5.74) is -0.394. The van der Waals surface area contributed by atoms with E-state index in [0.717, 1.165) is 31.4 Å². The molecule has 0 radical (unpaired) electrons. The molecule has 18 heavy (non-hydrogen) atoms. The standard InChI is InChI=1S/C11H15NO5S/c1-2-11(6-3-7-11)12-18(15,16)9-5-4-8(17-9)10(13)14/h4-5,12H,2-3,6-7H2,1H3,(H,13,14). The lowest BCUT2D eigenvalue weighted by molar-refractivity contribution is 0.0656. The third kappa shape index (κ3) is 2.28. The highest BCUT2D eigenvalue weighted by molar-refractivity contribution is 7.89. The van der Waals surface area contributed by atoms with Crippen molar-refractivity contribution in [3.63, 3.8) is 0 Å². The van der Waals surface area contributed by atoms with Gasteiger partial charge in [-0.1, -0.05) is 6.92 Å². The number of hydrogen-bond acceptors (Lipinski definition) is 4. The number of hydrogen-bond donors (Lipinski definition) is 2. The third-order valence-corrected chi connectivity index (χ3v) is 4.85. The quantitative estimate of drug-likeness (QED) is 0.849.